The number of benzene rings is 4. The quantitative estimate of drug-likeness (QED) is 0.0656. The van der Waals surface area contributed by atoms with Crippen molar-refractivity contribution in [3.05, 3.63) is 141 Å². The maximum Gasteiger partial charge on any atom is 0.350 e. The Bertz CT molecular complexity index is 2090. The summed E-state index contributed by atoms with van der Waals surface area (Å²) in [6.07, 6.45) is 0. The van der Waals surface area contributed by atoms with E-state index in [0.717, 1.165) is 28.0 Å². The average molecular weight is 691 g/mol. The largest absolute Gasteiger partial charge is 0.507 e. The lowest BCUT2D eigenvalue weighted by molar-refractivity contribution is -0.132. The number of anilines is 1. The van der Waals surface area contributed by atoms with Gasteiger partial charge in [0.2, 0.25) is 0 Å². The van der Waals surface area contributed by atoms with Crippen molar-refractivity contribution in [2.75, 3.05) is 19.1 Å². The molecule has 0 radical (unpaired) electrons. The Morgan fingerprint density at radius 2 is 1.56 bits per heavy atom. The third-order valence-corrected chi connectivity index (χ3v) is 9.30. The first-order chi connectivity index (χ1) is 24.2. The fraction of sp³-hybridized carbons (Fsp3) is 0.179. The number of aliphatic hydroxyl groups excluding tert-OH is 1. The number of aliphatic hydroxyl groups is 1. The van der Waals surface area contributed by atoms with Crippen molar-refractivity contribution in [1.82, 2.24) is 4.98 Å². The van der Waals surface area contributed by atoms with Crippen LogP contribution in [0.3, 0.4) is 0 Å². The lowest BCUT2D eigenvalue weighted by atomic mass is 9.95. The summed E-state index contributed by atoms with van der Waals surface area (Å²) in [5.74, 6) is -1.48. The molecular formula is C39H34N2O8S. The summed E-state index contributed by atoms with van der Waals surface area (Å²) in [5, 5.41) is 11.8. The van der Waals surface area contributed by atoms with Crippen LogP contribution in [0.1, 0.15) is 49.2 Å². The number of carbonyl (C=O) groups excluding carboxylic acids is 3. The molecule has 0 bridgehead atoms. The Labute approximate surface area is 293 Å². The molecule has 1 atom stereocenters. The molecule has 254 valence electrons. The molecule has 1 fully saturated rings. The number of carbonyl (C=O) groups is 3. The number of methoxy groups -OCH3 is 2. The van der Waals surface area contributed by atoms with Gasteiger partial charge in [0.1, 0.15) is 29.6 Å². The number of ether oxygens (including phenoxy) is 4. The number of Topliss-reactive ketones (excluding diaryl/α,β-unsaturated/α-hetero) is 1. The van der Waals surface area contributed by atoms with E-state index in [2.05, 4.69) is 4.98 Å². The van der Waals surface area contributed by atoms with Crippen molar-refractivity contribution >= 4 is 39.9 Å². The molecule has 1 unspecified atom stereocenters. The van der Waals surface area contributed by atoms with Gasteiger partial charge >= 0.3 is 11.9 Å². The van der Waals surface area contributed by atoms with Gasteiger partial charge in [0.25, 0.3) is 5.78 Å². The number of amides is 1. The van der Waals surface area contributed by atoms with Crippen LogP contribution in [-0.2, 0) is 27.5 Å². The SMILES string of the molecule is COC(=O)c1sc(N2C(=O)C(=O)/C(=C(/O)c3ccc(OCc4cccc(C)c4)cc3)C2c2ccc(OCc3ccccc3)c(OC)c2)nc1C. The molecule has 6 rings (SSSR count). The maximum absolute atomic E-state index is 13.8. The highest BCUT2D eigenvalue weighted by atomic mass is 32.1. The molecule has 1 aliphatic heterocycles. The van der Waals surface area contributed by atoms with E-state index in [1.165, 1.54) is 19.1 Å². The molecule has 0 aliphatic carbocycles. The number of thiazole rings is 1. The summed E-state index contributed by atoms with van der Waals surface area (Å²) in [7, 11) is 2.74. The molecule has 1 aromatic heterocycles. The van der Waals surface area contributed by atoms with E-state index in [4.69, 9.17) is 18.9 Å². The number of rotatable bonds is 11. The number of hydrogen-bond acceptors (Lipinski definition) is 10. The fourth-order valence-electron chi connectivity index (χ4n) is 5.65. The van der Waals surface area contributed by atoms with Gasteiger partial charge in [0, 0.05) is 5.56 Å². The van der Waals surface area contributed by atoms with E-state index in [9.17, 15) is 19.5 Å². The molecule has 50 heavy (non-hydrogen) atoms. The van der Waals surface area contributed by atoms with Crippen molar-refractivity contribution in [3.63, 3.8) is 0 Å². The highest BCUT2D eigenvalue weighted by Gasteiger charge is 2.48. The normalized spacial score (nSPS) is 15.2. The second-order valence-electron chi connectivity index (χ2n) is 11.6. The van der Waals surface area contributed by atoms with Crippen LogP contribution >= 0.6 is 11.3 Å². The molecular weight excluding hydrogens is 657 g/mol. The molecule has 1 amide bonds. The molecule has 5 aromatic rings. The predicted molar refractivity (Wildman–Crippen MR) is 189 cm³/mol. The summed E-state index contributed by atoms with van der Waals surface area (Å²) in [6.45, 7) is 4.26. The summed E-state index contributed by atoms with van der Waals surface area (Å²) in [6, 6.07) is 28.1. The van der Waals surface area contributed by atoms with Crippen molar-refractivity contribution in [2.24, 2.45) is 0 Å². The van der Waals surface area contributed by atoms with Gasteiger partial charge in [-0.15, -0.1) is 0 Å². The minimum absolute atomic E-state index is 0.0947. The lowest BCUT2D eigenvalue weighted by Gasteiger charge is -2.24. The van der Waals surface area contributed by atoms with Gasteiger partial charge in [-0.3, -0.25) is 14.5 Å². The zero-order valence-electron chi connectivity index (χ0n) is 27.8. The van der Waals surface area contributed by atoms with E-state index in [1.807, 2.05) is 61.5 Å². The fourth-order valence-corrected chi connectivity index (χ4v) is 6.67. The molecule has 1 aliphatic rings. The Balaban J connectivity index is 1.38. The first kappa shape index (κ1) is 33.9. The molecule has 11 heteroatoms. The van der Waals surface area contributed by atoms with Gasteiger partial charge in [-0.05, 0) is 66.9 Å². The molecule has 10 nitrogen and oxygen atoms in total. The molecule has 0 saturated carbocycles. The number of esters is 1. The van der Waals surface area contributed by atoms with Gasteiger partial charge in [0.15, 0.2) is 16.6 Å². The molecule has 1 saturated heterocycles. The van der Waals surface area contributed by atoms with Gasteiger partial charge < -0.3 is 24.1 Å². The highest BCUT2D eigenvalue weighted by Crippen LogP contribution is 2.45. The van der Waals surface area contributed by atoms with Crippen LogP contribution in [0.15, 0.2) is 103 Å². The maximum atomic E-state index is 13.8. The van der Waals surface area contributed by atoms with Crippen LogP contribution in [0.2, 0.25) is 0 Å². The summed E-state index contributed by atoms with van der Waals surface area (Å²) >= 11 is 0.919. The number of aromatic nitrogens is 1. The minimum Gasteiger partial charge on any atom is -0.507 e. The topological polar surface area (TPSA) is 124 Å². The number of nitrogens with zero attached hydrogens (tertiary/aromatic N) is 2. The number of hydrogen-bond donors (Lipinski definition) is 1. The Hall–Kier alpha value is -5.94. The Morgan fingerprint density at radius 3 is 2.26 bits per heavy atom. The summed E-state index contributed by atoms with van der Waals surface area (Å²) < 4.78 is 22.6. The zero-order valence-corrected chi connectivity index (χ0v) is 28.7. The molecule has 0 spiro atoms. The van der Waals surface area contributed by atoms with E-state index >= 15 is 0 Å². The smallest absolute Gasteiger partial charge is 0.350 e. The third kappa shape index (κ3) is 6.94. The van der Waals surface area contributed by atoms with Crippen molar-refractivity contribution in [3.8, 4) is 17.2 Å². The minimum atomic E-state index is -1.12. The van der Waals surface area contributed by atoms with Crippen molar-refractivity contribution < 1.29 is 38.4 Å². The van der Waals surface area contributed by atoms with Crippen LogP contribution in [0.5, 0.6) is 17.2 Å². The molecule has 1 N–H and O–H groups in total. The number of ketones is 1. The van der Waals surface area contributed by atoms with E-state index in [0.29, 0.717) is 40.7 Å². The lowest BCUT2D eigenvalue weighted by Crippen LogP contribution is -2.29. The van der Waals surface area contributed by atoms with Crippen LogP contribution in [0.25, 0.3) is 5.76 Å². The van der Waals surface area contributed by atoms with Crippen LogP contribution in [-0.4, -0.2) is 42.0 Å². The van der Waals surface area contributed by atoms with Crippen LogP contribution in [0, 0.1) is 13.8 Å². The summed E-state index contributed by atoms with van der Waals surface area (Å²) in [5.41, 5.74) is 4.02. The monoisotopic (exact) mass is 690 g/mol. The van der Waals surface area contributed by atoms with Crippen LogP contribution in [0.4, 0.5) is 5.13 Å². The second-order valence-corrected chi connectivity index (χ2v) is 12.5. The van der Waals surface area contributed by atoms with Gasteiger partial charge in [-0.25, -0.2) is 9.78 Å². The Morgan fingerprint density at radius 1 is 0.840 bits per heavy atom. The first-order valence-corrected chi connectivity index (χ1v) is 16.5. The van der Waals surface area contributed by atoms with E-state index < -0.39 is 23.7 Å². The predicted octanol–water partition coefficient (Wildman–Crippen LogP) is 7.34. The standard InChI is InChI=1S/C39H34N2O8S/c1-23-9-8-12-26(19-23)22-48-29-16-13-27(14-17-29)34(42)32-33(41(37(44)35(32)43)39-40-24(2)36(50-39)38(45)47-4)28-15-18-30(31(20-28)46-3)49-21-25-10-6-5-7-11-25/h5-20,33,42H,21-22H2,1-4H3/b34-32+. The molecule has 2 heterocycles. The van der Waals surface area contributed by atoms with Gasteiger partial charge in [0.05, 0.1) is 31.5 Å². The van der Waals surface area contributed by atoms with E-state index in [-0.39, 0.29) is 27.9 Å². The first-order valence-electron chi connectivity index (χ1n) is 15.7. The van der Waals surface area contributed by atoms with Crippen molar-refractivity contribution in [1.29, 1.82) is 0 Å². The van der Waals surface area contributed by atoms with Crippen LogP contribution < -0.4 is 19.1 Å². The Kier molecular flexibility index (Phi) is 9.96. The van der Waals surface area contributed by atoms with E-state index in [1.54, 1.807) is 49.4 Å². The highest BCUT2D eigenvalue weighted by molar-refractivity contribution is 7.17. The zero-order chi connectivity index (χ0) is 35.4. The van der Waals surface area contributed by atoms with Gasteiger partial charge in [-0.2, -0.15) is 0 Å². The van der Waals surface area contributed by atoms with Crippen molar-refractivity contribution in [2.45, 2.75) is 33.1 Å². The molecule has 4 aromatic carbocycles. The summed E-state index contributed by atoms with van der Waals surface area (Å²) in [4.78, 5) is 45.9. The number of aryl methyl sites for hydroxylation is 2. The third-order valence-electron chi connectivity index (χ3n) is 8.16. The second kappa shape index (κ2) is 14.7. The average Bonchev–Trinajstić information content (AvgIpc) is 3.65. The van der Waals surface area contributed by atoms with Gasteiger partial charge in [-0.1, -0.05) is 77.6 Å².